The Bertz CT molecular complexity index is 1020. The molecule has 26 heavy (non-hydrogen) atoms. The summed E-state index contributed by atoms with van der Waals surface area (Å²) in [6.45, 7) is 0. The van der Waals surface area contributed by atoms with Crippen LogP contribution in [0.5, 0.6) is 0 Å². The third-order valence-corrected chi connectivity index (χ3v) is 9.97. The molecule has 1 atom stereocenters. The maximum atomic E-state index is 5.91. The van der Waals surface area contributed by atoms with Crippen LogP contribution in [-0.4, -0.2) is 0 Å². The monoisotopic (exact) mass is 366 g/mol. The van der Waals surface area contributed by atoms with Gasteiger partial charge in [-0.1, -0.05) is 96.7 Å². The van der Waals surface area contributed by atoms with Crippen molar-refractivity contribution in [2.45, 2.75) is 0 Å². The predicted molar refractivity (Wildman–Crippen MR) is 116 cm³/mol. The Balaban J connectivity index is 1.59. The lowest BCUT2D eigenvalue weighted by Crippen LogP contribution is -1.70. The third-order valence-electron chi connectivity index (χ3n) is 4.70. The normalized spacial score (nSPS) is 18.7. The van der Waals surface area contributed by atoms with Gasteiger partial charge in [-0.25, -0.2) is 0 Å². The van der Waals surface area contributed by atoms with Gasteiger partial charge in [0, 0.05) is 28.9 Å². The second-order valence-corrected chi connectivity index (χ2v) is 10.5. The van der Waals surface area contributed by atoms with Gasteiger partial charge in [0.2, 0.25) is 0 Å². The van der Waals surface area contributed by atoms with E-state index in [1.165, 1.54) is 32.6 Å². The van der Waals surface area contributed by atoms with Gasteiger partial charge in [-0.05, 0) is 24.6 Å². The molecule has 3 aromatic carbocycles. The van der Waals surface area contributed by atoms with Crippen molar-refractivity contribution in [2.24, 2.45) is 0 Å². The van der Waals surface area contributed by atoms with Crippen LogP contribution in [0.3, 0.4) is 0 Å². The topological polar surface area (TPSA) is 0 Å². The van der Waals surface area contributed by atoms with Crippen LogP contribution >= 0.6 is 15.8 Å². The minimum atomic E-state index is -0.514. The molecule has 0 aliphatic carbocycles. The molecule has 2 heterocycles. The molecule has 0 amide bonds. The molecule has 0 radical (unpaired) electrons. The van der Waals surface area contributed by atoms with Crippen LogP contribution in [0.1, 0.15) is 16.7 Å². The minimum Gasteiger partial charge on any atom is -0.115 e. The summed E-state index contributed by atoms with van der Waals surface area (Å²) in [5, 5.41) is 6.00. The van der Waals surface area contributed by atoms with Gasteiger partial charge in [-0.3, -0.25) is 0 Å². The van der Waals surface area contributed by atoms with Crippen LogP contribution in [0, 0.1) is 12.1 Å². The summed E-state index contributed by atoms with van der Waals surface area (Å²) in [6.07, 6.45) is 5.91. The van der Waals surface area contributed by atoms with E-state index in [-0.39, 0.29) is 7.92 Å². The van der Waals surface area contributed by atoms with E-state index in [2.05, 4.69) is 96.7 Å². The summed E-state index contributed by atoms with van der Waals surface area (Å²) in [7, 11) is -0.901. The first-order valence-corrected chi connectivity index (χ1v) is 11.3. The fourth-order valence-electron chi connectivity index (χ4n) is 3.44. The Kier molecular flexibility index (Phi) is 3.87. The maximum Gasteiger partial charge on any atom is 0.0373 e. The third kappa shape index (κ3) is 2.57. The standard InChI is InChI=1S/C24H16P2/c1-2-25-23(20-16-10-5-11-17-20)24(25)26-21(18-12-6-3-7-13-18)22(26)19-14-8-4-9-15-19/h1,3-17H. The van der Waals surface area contributed by atoms with Gasteiger partial charge in [-0.15, -0.1) is 6.42 Å². The molecule has 5 rings (SSSR count). The lowest BCUT2D eigenvalue weighted by molar-refractivity contribution is 1.65. The molecule has 0 saturated heterocycles. The van der Waals surface area contributed by atoms with Gasteiger partial charge in [-0.2, -0.15) is 0 Å². The van der Waals surface area contributed by atoms with Crippen molar-refractivity contribution in [1.29, 1.82) is 0 Å². The van der Waals surface area contributed by atoms with E-state index in [0.717, 1.165) is 0 Å². The van der Waals surface area contributed by atoms with Crippen LogP contribution < -0.4 is 0 Å². The van der Waals surface area contributed by atoms with Crippen LogP contribution in [0.15, 0.2) is 96.1 Å². The summed E-state index contributed by atoms with van der Waals surface area (Å²) in [5.74, 6) is 0. The number of terminal acetylenes is 1. The largest absolute Gasteiger partial charge is 0.115 e. The first-order valence-electron chi connectivity index (χ1n) is 8.61. The molecule has 0 fully saturated rings. The minimum absolute atomic E-state index is 0.387. The molecule has 2 aliphatic heterocycles. The van der Waals surface area contributed by atoms with E-state index >= 15 is 0 Å². The zero-order valence-corrected chi connectivity index (χ0v) is 15.9. The highest BCUT2D eigenvalue weighted by atomic mass is 31.2. The van der Waals surface area contributed by atoms with Gasteiger partial charge in [0.05, 0.1) is 0 Å². The van der Waals surface area contributed by atoms with Crippen molar-refractivity contribution >= 4 is 31.8 Å². The van der Waals surface area contributed by atoms with Crippen molar-refractivity contribution in [1.82, 2.24) is 0 Å². The summed E-state index contributed by atoms with van der Waals surface area (Å²) in [6, 6.07) is 32.2. The Morgan fingerprint density at radius 2 is 0.923 bits per heavy atom. The first kappa shape index (κ1) is 15.8. The average molecular weight is 366 g/mol. The molecular weight excluding hydrogens is 350 g/mol. The van der Waals surface area contributed by atoms with Crippen molar-refractivity contribution in [2.75, 3.05) is 0 Å². The summed E-state index contributed by atoms with van der Waals surface area (Å²) >= 11 is 0. The fourth-order valence-corrected chi connectivity index (χ4v) is 9.33. The molecule has 2 heteroatoms. The Hall–Kier alpha value is -2.44. The van der Waals surface area contributed by atoms with E-state index in [9.17, 15) is 0 Å². The highest BCUT2D eigenvalue weighted by Crippen LogP contribution is 2.96. The van der Waals surface area contributed by atoms with Crippen molar-refractivity contribution < 1.29 is 0 Å². The number of rotatable bonds is 4. The van der Waals surface area contributed by atoms with Gasteiger partial charge < -0.3 is 0 Å². The Labute approximate surface area is 156 Å². The van der Waals surface area contributed by atoms with Gasteiger partial charge in [0.15, 0.2) is 0 Å². The molecule has 0 nitrogen and oxygen atoms in total. The van der Waals surface area contributed by atoms with Crippen LogP contribution in [0.25, 0.3) is 15.9 Å². The average Bonchev–Trinajstić information content (AvgIpc) is 3.61. The second kappa shape index (κ2) is 6.37. The number of hydrogen-bond donors (Lipinski definition) is 0. The molecule has 3 aromatic rings. The highest BCUT2D eigenvalue weighted by Gasteiger charge is 2.51. The molecule has 0 spiro atoms. The smallest absolute Gasteiger partial charge is 0.0373 e. The van der Waals surface area contributed by atoms with Gasteiger partial charge >= 0.3 is 0 Å². The van der Waals surface area contributed by atoms with Gasteiger partial charge in [0.25, 0.3) is 0 Å². The highest BCUT2D eigenvalue weighted by molar-refractivity contribution is 8.09. The van der Waals surface area contributed by atoms with E-state index in [1.54, 1.807) is 5.06 Å². The van der Waals surface area contributed by atoms with E-state index < -0.39 is 7.92 Å². The lowest BCUT2D eigenvalue weighted by atomic mass is 10.1. The van der Waals surface area contributed by atoms with E-state index in [4.69, 9.17) is 6.42 Å². The number of benzene rings is 3. The van der Waals surface area contributed by atoms with Crippen molar-refractivity contribution in [3.8, 4) is 12.1 Å². The maximum absolute atomic E-state index is 5.91. The molecular formula is C24H16P2. The molecule has 122 valence electrons. The summed E-state index contributed by atoms with van der Waals surface area (Å²) in [4.78, 5) is 0. The molecule has 0 saturated carbocycles. The Morgan fingerprint density at radius 3 is 1.31 bits per heavy atom. The SMILES string of the molecule is C#CP1C(c2ccccc2)=C1P1C(c2ccccc2)=C1c1ccccc1. The fraction of sp³-hybridized carbons (Fsp3) is 0. The lowest BCUT2D eigenvalue weighted by Gasteiger charge is -1.98. The van der Waals surface area contributed by atoms with Crippen LogP contribution in [0.2, 0.25) is 0 Å². The molecule has 1 unspecified atom stereocenters. The molecule has 2 aliphatic rings. The van der Waals surface area contributed by atoms with Crippen molar-refractivity contribution in [3.63, 3.8) is 0 Å². The molecule has 0 aromatic heterocycles. The number of hydrogen-bond acceptors (Lipinski definition) is 0. The second-order valence-electron chi connectivity index (χ2n) is 6.27. The zero-order valence-electron chi connectivity index (χ0n) is 14.1. The van der Waals surface area contributed by atoms with Crippen molar-refractivity contribution in [3.05, 3.63) is 113 Å². The molecule has 0 N–H and O–H groups in total. The zero-order chi connectivity index (χ0) is 17.5. The first-order chi connectivity index (χ1) is 12.9. The molecule has 0 bridgehead atoms. The van der Waals surface area contributed by atoms with Crippen LogP contribution in [-0.2, 0) is 0 Å². The van der Waals surface area contributed by atoms with E-state index in [0.29, 0.717) is 0 Å². The van der Waals surface area contributed by atoms with E-state index in [1.807, 2.05) is 0 Å². The predicted octanol–water partition coefficient (Wildman–Crippen LogP) is 7.42. The van der Waals surface area contributed by atoms with Gasteiger partial charge in [0.1, 0.15) is 0 Å². The summed E-state index contributed by atoms with van der Waals surface area (Å²) in [5.41, 5.74) is 7.08. The van der Waals surface area contributed by atoms with Crippen LogP contribution in [0.4, 0.5) is 0 Å². The quantitative estimate of drug-likeness (QED) is 0.333. The Morgan fingerprint density at radius 1 is 0.538 bits per heavy atom. The summed E-state index contributed by atoms with van der Waals surface area (Å²) < 4.78 is 0.